The Bertz CT molecular complexity index is 929. The number of piperidine rings is 1. The van der Waals surface area contributed by atoms with Crippen molar-refractivity contribution in [1.29, 1.82) is 5.26 Å². The van der Waals surface area contributed by atoms with Gasteiger partial charge in [-0.2, -0.15) is 5.26 Å². The van der Waals surface area contributed by atoms with Crippen molar-refractivity contribution in [2.24, 2.45) is 28.6 Å². The number of ether oxygens (including phenoxy) is 1. The number of allylic oxidation sites excluding steroid dienone is 2. The van der Waals surface area contributed by atoms with Gasteiger partial charge in [0.1, 0.15) is 5.75 Å². The van der Waals surface area contributed by atoms with E-state index in [4.69, 9.17) is 10.00 Å². The molecule has 0 spiro atoms. The minimum atomic E-state index is 0.138. The standard InChI is InChI=1S/C26H32N2O2/c1-25-10-9-22-21(16-28(3)24-12-18(29)8-11-26(22,24)2)23(25)13-20(14-25)30-19-6-4-17(15-27)5-7-19/h4-7,12,20-23H,8-11,13-14,16H2,1-3H3/t20-,21+,22-,23-,25+,26+/m0/s1. The van der Waals surface area contributed by atoms with Gasteiger partial charge in [0, 0.05) is 37.2 Å². The smallest absolute Gasteiger partial charge is 0.157 e. The Balaban J connectivity index is 1.38. The Kier molecular flexibility index (Phi) is 4.51. The fraction of sp³-hybridized carbons (Fsp3) is 0.615. The molecule has 1 saturated heterocycles. The van der Waals surface area contributed by atoms with E-state index in [-0.39, 0.29) is 11.5 Å². The third-order valence-electron chi connectivity index (χ3n) is 8.94. The fourth-order valence-corrected chi connectivity index (χ4v) is 7.45. The van der Waals surface area contributed by atoms with Crippen molar-refractivity contribution in [2.45, 2.75) is 58.5 Å². The number of rotatable bonds is 2. The molecule has 5 rings (SSSR count). The number of ketones is 1. The third kappa shape index (κ3) is 2.97. The van der Waals surface area contributed by atoms with Gasteiger partial charge < -0.3 is 9.64 Å². The summed E-state index contributed by atoms with van der Waals surface area (Å²) in [5.41, 5.74) is 2.43. The number of hydrogen-bond acceptors (Lipinski definition) is 4. The molecule has 0 N–H and O–H groups in total. The normalized spacial score (nSPS) is 40.0. The SMILES string of the molecule is CN1C[C@H]2[C@@H]3C[C@H](Oc4ccc(C#N)cc4)C[C@@]3(C)CC[C@@H]2[C@@]2(C)CCC(=O)C=C12. The maximum atomic E-state index is 12.1. The monoisotopic (exact) mass is 404 g/mol. The molecule has 3 aliphatic carbocycles. The molecule has 3 fully saturated rings. The van der Waals surface area contributed by atoms with Crippen LogP contribution >= 0.6 is 0 Å². The molecule has 0 unspecified atom stereocenters. The number of carbonyl (C=O) groups is 1. The van der Waals surface area contributed by atoms with Gasteiger partial charge in [-0.3, -0.25) is 4.79 Å². The maximum Gasteiger partial charge on any atom is 0.157 e. The van der Waals surface area contributed by atoms with Crippen LogP contribution in [0.2, 0.25) is 0 Å². The molecule has 30 heavy (non-hydrogen) atoms. The van der Waals surface area contributed by atoms with Crippen LogP contribution in [0, 0.1) is 39.9 Å². The quantitative estimate of drug-likeness (QED) is 0.700. The van der Waals surface area contributed by atoms with Gasteiger partial charge in [-0.1, -0.05) is 13.8 Å². The third-order valence-corrected chi connectivity index (χ3v) is 8.94. The summed E-state index contributed by atoms with van der Waals surface area (Å²) in [4.78, 5) is 14.5. The van der Waals surface area contributed by atoms with Crippen LogP contribution in [0.15, 0.2) is 36.0 Å². The lowest BCUT2D eigenvalue weighted by atomic mass is 9.50. The molecule has 1 aliphatic heterocycles. The summed E-state index contributed by atoms with van der Waals surface area (Å²) >= 11 is 0. The molecule has 1 aromatic carbocycles. The van der Waals surface area contributed by atoms with Gasteiger partial charge in [0.15, 0.2) is 5.78 Å². The minimum absolute atomic E-state index is 0.138. The lowest BCUT2D eigenvalue weighted by molar-refractivity contribution is -0.118. The molecule has 4 aliphatic rings. The van der Waals surface area contributed by atoms with Crippen molar-refractivity contribution in [3.63, 3.8) is 0 Å². The number of nitriles is 1. The highest BCUT2D eigenvalue weighted by atomic mass is 16.5. The van der Waals surface area contributed by atoms with Crippen LogP contribution in [0.25, 0.3) is 0 Å². The number of hydrogen-bond donors (Lipinski definition) is 0. The van der Waals surface area contributed by atoms with E-state index in [1.165, 1.54) is 18.5 Å². The summed E-state index contributed by atoms with van der Waals surface area (Å²) in [5, 5.41) is 9.02. The second-order valence-electron chi connectivity index (χ2n) is 10.7. The predicted octanol–water partition coefficient (Wildman–Crippen LogP) is 4.95. The number of fused-ring (bicyclic) bond motifs is 5. The first-order valence-corrected chi connectivity index (χ1v) is 11.5. The summed E-state index contributed by atoms with van der Waals surface area (Å²) in [6, 6.07) is 9.70. The van der Waals surface area contributed by atoms with E-state index in [1.807, 2.05) is 30.3 Å². The average molecular weight is 405 g/mol. The molecule has 158 valence electrons. The predicted molar refractivity (Wildman–Crippen MR) is 116 cm³/mol. The molecule has 0 bridgehead atoms. The summed E-state index contributed by atoms with van der Waals surface area (Å²) in [6.45, 7) is 5.96. The van der Waals surface area contributed by atoms with E-state index >= 15 is 0 Å². The highest BCUT2D eigenvalue weighted by molar-refractivity contribution is 5.91. The Labute approximate surface area is 179 Å². The van der Waals surface area contributed by atoms with Crippen LogP contribution in [0.3, 0.4) is 0 Å². The van der Waals surface area contributed by atoms with Gasteiger partial charge in [-0.25, -0.2) is 0 Å². The van der Waals surface area contributed by atoms with Crippen molar-refractivity contribution < 1.29 is 9.53 Å². The van der Waals surface area contributed by atoms with E-state index in [1.54, 1.807) is 0 Å². The fourth-order valence-electron chi connectivity index (χ4n) is 7.45. The van der Waals surface area contributed by atoms with E-state index in [0.29, 0.717) is 40.9 Å². The molecule has 0 radical (unpaired) electrons. The van der Waals surface area contributed by atoms with Crippen LogP contribution in [-0.2, 0) is 4.79 Å². The maximum absolute atomic E-state index is 12.1. The van der Waals surface area contributed by atoms with E-state index < -0.39 is 0 Å². The summed E-state index contributed by atoms with van der Waals surface area (Å²) in [6.07, 6.45) is 8.63. The highest BCUT2D eigenvalue weighted by Gasteiger charge is 2.59. The molecule has 0 amide bonds. The molecule has 0 aromatic heterocycles. The van der Waals surface area contributed by atoms with Gasteiger partial charge in [0.05, 0.1) is 17.7 Å². The molecular formula is C26H32N2O2. The average Bonchev–Trinajstić information content (AvgIpc) is 3.06. The Hall–Kier alpha value is -2.28. The van der Waals surface area contributed by atoms with Crippen LogP contribution < -0.4 is 4.74 Å². The first-order chi connectivity index (χ1) is 14.3. The Morgan fingerprint density at radius 1 is 1.17 bits per heavy atom. The molecule has 6 atom stereocenters. The summed E-state index contributed by atoms with van der Waals surface area (Å²) < 4.78 is 6.41. The summed E-state index contributed by atoms with van der Waals surface area (Å²) in [5.74, 6) is 3.17. The molecule has 2 saturated carbocycles. The number of nitrogens with zero attached hydrogens (tertiary/aromatic N) is 2. The van der Waals surface area contributed by atoms with Crippen LogP contribution in [-0.4, -0.2) is 30.4 Å². The van der Waals surface area contributed by atoms with E-state index in [2.05, 4.69) is 31.9 Å². The van der Waals surface area contributed by atoms with Crippen molar-refractivity contribution in [2.75, 3.05) is 13.6 Å². The van der Waals surface area contributed by atoms with Crippen LogP contribution in [0.1, 0.15) is 57.9 Å². The first kappa shape index (κ1) is 19.7. The number of carbonyl (C=O) groups excluding carboxylic acids is 1. The molecular weight excluding hydrogens is 372 g/mol. The number of likely N-dealkylation sites (tertiary alicyclic amines) is 1. The topological polar surface area (TPSA) is 53.3 Å². The lowest BCUT2D eigenvalue weighted by Gasteiger charge is -2.59. The zero-order valence-corrected chi connectivity index (χ0v) is 18.4. The number of benzene rings is 1. The van der Waals surface area contributed by atoms with E-state index in [9.17, 15) is 4.79 Å². The highest BCUT2D eigenvalue weighted by Crippen LogP contribution is 2.64. The van der Waals surface area contributed by atoms with Gasteiger partial charge in [0.25, 0.3) is 0 Å². The van der Waals surface area contributed by atoms with Crippen LogP contribution in [0.4, 0.5) is 0 Å². The van der Waals surface area contributed by atoms with Gasteiger partial charge in [0.2, 0.25) is 0 Å². The van der Waals surface area contributed by atoms with E-state index in [0.717, 1.165) is 31.6 Å². The molecule has 1 aromatic rings. The largest absolute Gasteiger partial charge is 0.490 e. The first-order valence-electron chi connectivity index (χ1n) is 11.5. The van der Waals surface area contributed by atoms with Crippen molar-refractivity contribution >= 4 is 5.78 Å². The Morgan fingerprint density at radius 2 is 1.93 bits per heavy atom. The zero-order valence-electron chi connectivity index (χ0n) is 18.4. The summed E-state index contributed by atoms with van der Waals surface area (Å²) in [7, 11) is 2.19. The molecule has 4 nitrogen and oxygen atoms in total. The molecule has 1 heterocycles. The van der Waals surface area contributed by atoms with Crippen molar-refractivity contribution in [1.82, 2.24) is 4.90 Å². The van der Waals surface area contributed by atoms with Crippen molar-refractivity contribution in [3.8, 4) is 11.8 Å². The van der Waals surface area contributed by atoms with Gasteiger partial charge in [-0.05, 0) is 79.5 Å². The van der Waals surface area contributed by atoms with Crippen molar-refractivity contribution in [3.05, 3.63) is 41.6 Å². The second kappa shape index (κ2) is 6.87. The zero-order chi connectivity index (χ0) is 21.1. The lowest BCUT2D eigenvalue weighted by Crippen LogP contribution is -2.56. The van der Waals surface area contributed by atoms with Gasteiger partial charge in [-0.15, -0.1) is 0 Å². The second-order valence-corrected chi connectivity index (χ2v) is 10.7. The van der Waals surface area contributed by atoms with Gasteiger partial charge >= 0.3 is 0 Å². The Morgan fingerprint density at radius 3 is 2.67 bits per heavy atom. The minimum Gasteiger partial charge on any atom is -0.490 e. The van der Waals surface area contributed by atoms with Crippen LogP contribution in [0.5, 0.6) is 5.75 Å². The molecule has 4 heteroatoms.